The molecule has 0 saturated carbocycles. The Balaban J connectivity index is 1.59. The van der Waals surface area contributed by atoms with Gasteiger partial charge in [-0.2, -0.15) is 13.2 Å². The summed E-state index contributed by atoms with van der Waals surface area (Å²) in [6.07, 6.45) is -4.24. The lowest BCUT2D eigenvalue weighted by Gasteiger charge is -2.43. The zero-order valence-electron chi connectivity index (χ0n) is 13.8. The zero-order valence-corrected chi connectivity index (χ0v) is 13.8. The number of methoxy groups -OCH3 is 1. The van der Waals surface area contributed by atoms with Crippen molar-refractivity contribution in [2.75, 3.05) is 44.8 Å². The van der Waals surface area contributed by atoms with Gasteiger partial charge in [0.1, 0.15) is 5.75 Å². The molecule has 0 radical (unpaired) electrons. The molecule has 7 heteroatoms. The van der Waals surface area contributed by atoms with Gasteiger partial charge in [-0.25, -0.2) is 0 Å². The standard InChI is InChI=1S/C17H23F3N2O2/c1-23-15-5-3-2-4-14(15)21-8-6-13(7-9-21)22-10-11-24-16(12-22)17(18,19)20/h2-5,13,16H,6-12H2,1H3/t16-/m1/s1. The second kappa shape index (κ2) is 7.19. The molecule has 0 bridgehead atoms. The Kier molecular flexibility index (Phi) is 5.20. The quantitative estimate of drug-likeness (QED) is 0.842. The van der Waals surface area contributed by atoms with Crippen molar-refractivity contribution in [3.63, 3.8) is 0 Å². The number of piperidine rings is 1. The van der Waals surface area contributed by atoms with E-state index in [1.54, 1.807) is 7.11 Å². The Bertz CT molecular complexity index is 545. The van der Waals surface area contributed by atoms with E-state index < -0.39 is 12.3 Å². The van der Waals surface area contributed by atoms with E-state index in [1.165, 1.54) is 0 Å². The van der Waals surface area contributed by atoms with Crippen LogP contribution in [0.2, 0.25) is 0 Å². The summed E-state index contributed by atoms with van der Waals surface area (Å²) in [6.45, 7) is 2.31. The fourth-order valence-corrected chi connectivity index (χ4v) is 3.56. The highest BCUT2D eigenvalue weighted by Gasteiger charge is 2.44. The summed E-state index contributed by atoms with van der Waals surface area (Å²) in [6, 6.07) is 8.04. The maximum absolute atomic E-state index is 12.9. The summed E-state index contributed by atoms with van der Waals surface area (Å²) in [4.78, 5) is 4.19. The first-order chi connectivity index (χ1) is 11.5. The summed E-state index contributed by atoms with van der Waals surface area (Å²) in [5.41, 5.74) is 1.05. The van der Waals surface area contributed by atoms with Gasteiger partial charge in [0.2, 0.25) is 0 Å². The Hall–Kier alpha value is -1.47. The van der Waals surface area contributed by atoms with E-state index in [-0.39, 0.29) is 19.2 Å². The number of hydrogen-bond acceptors (Lipinski definition) is 4. The maximum Gasteiger partial charge on any atom is 0.415 e. The minimum Gasteiger partial charge on any atom is -0.495 e. The van der Waals surface area contributed by atoms with Gasteiger partial charge in [0.25, 0.3) is 0 Å². The first-order valence-corrected chi connectivity index (χ1v) is 8.29. The van der Waals surface area contributed by atoms with Crippen LogP contribution in [0.25, 0.3) is 0 Å². The van der Waals surface area contributed by atoms with Gasteiger partial charge in [-0.1, -0.05) is 12.1 Å². The van der Waals surface area contributed by atoms with Gasteiger partial charge in [0.15, 0.2) is 6.10 Å². The van der Waals surface area contributed by atoms with Gasteiger partial charge in [-0.05, 0) is 25.0 Å². The topological polar surface area (TPSA) is 24.9 Å². The molecule has 2 aliphatic rings. The molecule has 134 valence electrons. The second-order valence-corrected chi connectivity index (χ2v) is 6.29. The Morgan fingerprint density at radius 3 is 2.50 bits per heavy atom. The van der Waals surface area contributed by atoms with E-state index in [1.807, 2.05) is 29.2 Å². The molecule has 1 aromatic rings. The summed E-state index contributed by atoms with van der Waals surface area (Å²) in [5.74, 6) is 0.833. The minimum atomic E-state index is -4.28. The van der Waals surface area contributed by atoms with Crippen molar-refractivity contribution in [2.45, 2.75) is 31.2 Å². The number of rotatable bonds is 3. The Morgan fingerprint density at radius 2 is 1.83 bits per heavy atom. The van der Waals surface area contributed by atoms with Crippen LogP contribution < -0.4 is 9.64 Å². The first kappa shape index (κ1) is 17.4. The summed E-state index contributed by atoms with van der Waals surface area (Å²) in [7, 11) is 1.65. The molecule has 0 unspecified atom stereocenters. The molecule has 4 nitrogen and oxygen atoms in total. The summed E-state index contributed by atoms with van der Waals surface area (Å²) in [5, 5.41) is 0. The molecular formula is C17H23F3N2O2. The lowest BCUT2D eigenvalue weighted by atomic mass is 10.0. The Morgan fingerprint density at radius 1 is 1.12 bits per heavy atom. The molecule has 0 aromatic heterocycles. The van der Waals surface area contributed by atoms with Crippen LogP contribution in [0.4, 0.5) is 18.9 Å². The first-order valence-electron chi connectivity index (χ1n) is 8.29. The molecule has 3 rings (SSSR count). The normalized spacial score (nSPS) is 24.2. The van der Waals surface area contributed by atoms with Crippen molar-refractivity contribution in [1.82, 2.24) is 4.90 Å². The molecule has 1 aromatic carbocycles. The number of benzene rings is 1. The van der Waals surface area contributed by atoms with Crippen molar-refractivity contribution >= 4 is 5.69 Å². The molecule has 2 saturated heterocycles. The van der Waals surface area contributed by atoms with Crippen LogP contribution in [0, 0.1) is 0 Å². The third-order valence-corrected chi connectivity index (χ3v) is 4.87. The zero-order chi connectivity index (χ0) is 17.2. The number of nitrogens with zero attached hydrogens (tertiary/aromatic N) is 2. The van der Waals surface area contributed by atoms with Crippen LogP contribution in [-0.4, -0.2) is 63.1 Å². The highest BCUT2D eigenvalue weighted by atomic mass is 19.4. The predicted octanol–water partition coefficient (Wildman–Crippen LogP) is 2.93. The molecule has 2 fully saturated rings. The molecule has 0 amide bonds. The molecule has 24 heavy (non-hydrogen) atoms. The monoisotopic (exact) mass is 344 g/mol. The van der Waals surface area contributed by atoms with Crippen molar-refractivity contribution in [3.8, 4) is 5.75 Å². The third kappa shape index (κ3) is 3.78. The van der Waals surface area contributed by atoms with E-state index in [0.29, 0.717) is 6.54 Å². The molecule has 1 atom stereocenters. The number of para-hydroxylation sites is 2. The van der Waals surface area contributed by atoms with Gasteiger partial charge >= 0.3 is 6.18 Å². The van der Waals surface area contributed by atoms with E-state index in [2.05, 4.69) is 4.90 Å². The summed E-state index contributed by atoms with van der Waals surface area (Å²) < 4.78 is 48.9. The number of ether oxygens (including phenoxy) is 2. The van der Waals surface area contributed by atoms with Crippen LogP contribution in [0.15, 0.2) is 24.3 Å². The highest BCUT2D eigenvalue weighted by molar-refractivity contribution is 5.58. The average Bonchev–Trinajstić information content (AvgIpc) is 2.61. The van der Waals surface area contributed by atoms with Gasteiger partial charge in [-0.15, -0.1) is 0 Å². The fourth-order valence-electron chi connectivity index (χ4n) is 3.56. The average molecular weight is 344 g/mol. The lowest BCUT2D eigenvalue weighted by molar-refractivity contribution is -0.239. The number of hydrogen-bond donors (Lipinski definition) is 0. The Labute approximate surface area is 140 Å². The second-order valence-electron chi connectivity index (χ2n) is 6.29. The van der Waals surface area contributed by atoms with Crippen LogP contribution in [-0.2, 0) is 4.74 Å². The van der Waals surface area contributed by atoms with E-state index in [9.17, 15) is 13.2 Å². The van der Waals surface area contributed by atoms with E-state index >= 15 is 0 Å². The van der Waals surface area contributed by atoms with Crippen molar-refractivity contribution in [2.24, 2.45) is 0 Å². The number of alkyl halides is 3. The maximum atomic E-state index is 12.9. The molecule has 0 spiro atoms. The van der Waals surface area contributed by atoms with Crippen molar-refractivity contribution < 1.29 is 22.6 Å². The van der Waals surface area contributed by atoms with E-state index in [4.69, 9.17) is 9.47 Å². The fraction of sp³-hybridized carbons (Fsp3) is 0.647. The van der Waals surface area contributed by atoms with Crippen molar-refractivity contribution in [1.29, 1.82) is 0 Å². The predicted molar refractivity (Wildman–Crippen MR) is 85.6 cm³/mol. The molecule has 0 aliphatic carbocycles. The largest absolute Gasteiger partial charge is 0.495 e. The smallest absolute Gasteiger partial charge is 0.415 e. The SMILES string of the molecule is COc1ccccc1N1CCC(N2CCO[C@@H](C(F)(F)F)C2)CC1. The number of anilines is 1. The van der Waals surface area contributed by atoms with E-state index in [0.717, 1.165) is 37.4 Å². The minimum absolute atomic E-state index is 0.0528. The molecule has 2 heterocycles. The van der Waals surface area contributed by atoms with Crippen LogP contribution in [0.1, 0.15) is 12.8 Å². The summed E-state index contributed by atoms with van der Waals surface area (Å²) >= 11 is 0. The van der Waals surface area contributed by atoms with Gasteiger partial charge < -0.3 is 14.4 Å². The number of halogens is 3. The van der Waals surface area contributed by atoms with Crippen LogP contribution in [0.3, 0.4) is 0 Å². The van der Waals surface area contributed by atoms with Gasteiger partial charge in [-0.3, -0.25) is 4.90 Å². The van der Waals surface area contributed by atoms with Crippen molar-refractivity contribution in [3.05, 3.63) is 24.3 Å². The molecular weight excluding hydrogens is 321 g/mol. The van der Waals surface area contributed by atoms with Gasteiger partial charge in [0.05, 0.1) is 19.4 Å². The molecule has 2 aliphatic heterocycles. The molecule has 0 N–H and O–H groups in total. The van der Waals surface area contributed by atoms with Crippen LogP contribution in [0.5, 0.6) is 5.75 Å². The lowest BCUT2D eigenvalue weighted by Crippen LogP contribution is -2.54. The van der Waals surface area contributed by atoms with Crippen LogP contribution >= 0.6 is 0 Å². The van der Waals surface area contributed by atoms with Gasteiger partial charge in [0, 0.05) is 32.2 Å². The third-order valence-electron chi connectivity index (χ3n) is 4.87. The number of morpholine rings is 1. The highest BCUT2D eigenvalue weighted by Crippen LogP contribution is 2.32.